The molecule has 102 valence electrons. The van der Waals surface area contributed by atoms with E-state index < -0.39 is 11.4 Å². The molecule has 2 aromatic rings. The smallest absolute Gasteiger partial charge is 0.284 e. The van der Waals surface area contributed by atoms with Crippen molar-refractivity contribution in [2.24, 2.45) is 5.73 Å². The van der Waals surface area contributed by atoms with Gasteiger partial charge in [-0.25, -0.2) is 4.39 Å². The van der Waals surface area contributed by atoms with Gasteiger partial charge in [0, 0.05) is 17.6 Å². The normalized spacial score (nSPS) is 15.3. The fourth-order valence-electron chi connectivity index (χ4n) is 2.09. The van der Waals surface area contributed by atoms with Crippen molar-refractivity contribution in [3.63, 3.8) is 0 Å². The van der Waals surface area contributed by atoms with Crippen molar-refractivity contribution in [3.05, 3.63) is 46.5 Å². The third-order valence-corrected chi connectivity index (χ3v) is 3.17. The van der Waals surface area contributed by atoms with E-state index in [0.717, 1.165) is 6.67 Å². The average Bonchev–Trinajstić information content (AvgIpc) is 2.94. The summed E-state index contributed by atoms with van der Waals surface area (Å²) in [5, 5.41) is 0.703. The summed E-state index contributed by atoms with van der Waals surface area (Å²) in [4.78, 5) is 15.5. The number of aromatic nitrogens is 1. The SMILES string of the molecule is NCN1CCCC1.O=c1[nH]c2ccccc2cc1F. The van der Waals surface area contributed by atoms with Gasteiger partial charge in [0.1, 0.15) is 0 Å². The largest absolute Gasteiger partial charge is 0.319 e. The highest BCUT2D eigenvalue weighted by Gasteiger charge is 2.07. The van der Waals surface area contributed by atoms with E-state index in [1.165, 1.54) is 32.0 Å². The van der Waals surface area contributed by atoms with Crippen LogP contribution in [-0.4, -0.2) is 29.6 Å². The third-order valence-electron chi connectivity index (χ3n) is 3.17. The summed E-state index contributed by atoms with van der Waals surface area (Å²) in [6.07, 6.45) is 2.69. The predicted octanol–water partition coefficient (Wildman–Crippen LogP) is 1.67. The number of hydrogen-bond acceptors (Lipinski definition) is 3. The number of nitrogens with zero attached hydrogens (tertiary/aromatic N) is 1. The number of rotatable bonds is 1. The molecular weight excluding hydrogens is 245 g/mol. The summed E-state index contributed by atoms with van der Waals surface area (Å²) in [6.45, 7) is 3.19. The van der Waals surface area contributed by atoms with E-state index in [4.69, 9.17) is 5.73 Å². The molecule has 0 radical (unpaired) electrons. The quantitative estimate of drug-likeness (QED) is 0.822. The zero-order valence-electron chi connectivity index (χ0n) is 10.7. The van der Waals surface area contributed by atoms with Crippen LogP contribution in [-0.2, 0) is 0 Å². The van der Waals surface area contributed by atoms with Gasteiger partial charge in [0.15, 0.2) is 5.82 Å². The molecule has 0 unspecified atom stereocenters. The number of fused-ring (bicyclic) bond motifs is 1. The Labute approximate surface area is 111 Å². The van der Waals surface area contributed by atoms with Crippen LogP contribution in [0.3, 0.4) is 0 Å². The van der Waals surface area contributed by atoms with Crippen molar-refractivity contribution >= 4 is 10.9 Å². The van der Waals surface area contributed by atoms with Gasteiger partial charge in [-0.15, -0.1) is 0 Å². The summed E-state index contributed by atoms with van der Waals surface area (Å²) in [5.41, 5.74) is 5.34. The Morgan fingerprint density at radius 1 is 1.26 bits per heavy atom. The van der Waals surface area contributed by atoms with E-state index in [1.54, 1.807) is 24.3 Å². The van der Waals surface area contributed by atoms with Crippen LogP contribution >= 0.6 is 0 Å². The van der Waals surface area contributed by atoms with Crippen molar-refractivity contribution in [1.29, 1.82) is 0 Å². The Morgan fingerprint density at radius 2 is 1.95 bits per heavy atom. The van der Waals surface area contributed by atoms with Crippen molar-refractivity contribution in [1.82, 2.24) is 9.88 Å². The van der Waals surface area contributed by atoms with E-state index in [0.29, 0.717) is 10.9 Å². The molecule has 1 aliphatic heterocycles. The maximum absolute atomic E-state index is 12.7. The lowest BCUT2D eigenvalue weighted by Crippen LogP contribution is -2.26. The van der Waals surface area contributed by atoms with Crippen LogP contribution in [0.1, 0.15) is 12.8 Å². The Hall–Kier alpha value is -1.72. The average molecular weight is 263 g/mol. The molecular formula is C14H18FN3O. The fraction of sp³-hybridized carbons (Fsp3) is 0.357. The number of para-hydroxylation sites is 1. The molecule has 1 aromatic carbocycles. The van der Waals surface area contributed by atoms with Gasteiger partial charge in [-0.1, -0.05) is 18.2 Å². The van der Waals surface area contributed by atoms with Crippen LogP contribution in [0.25, 0.3) is 10.9 Å². The van der Waals surface area contributed by atoms with Crippen LogP contribution in [0.2, 0.25) is 0 Å². The summed E-state index contributed by atoms with van der Waals surface area (Å²) in [5.74, 6) is -0.742. The molecule has 1 fully saturated rings. The topological polar surface area (TPSA) is 62.1 Å². The zero-order chi connectivity index (χ0) is 13.7. The lowest BCUT2D eigenvalue weighted by Gasteiger charge is -2.08. The molecule has 2 heterocycles. The Morgan fingerprint density at radius 3 is 2.58 bits per heavy atom. The Bertz CT molecular complexity index is 591. The molecule has 1 aliphatic rings. The van der Waals surface area contributed by atoms with Crippen LogP contribution in [0, 0.1) is 5.82 Å². The first-order valence-electron chi connectivity index (χ1n) is 6.40. The second-order valence-corrected chi connectivity index (χ2v) is 4.54. The van der Waals surface area contributed by atoms with E-state index in [9.17, 15) is 9.18 Å². The van der Waals surface area contributed by atoms with E-state index >= 15 is 0 Å². The van der Waals surface area contributed by atoms with Gasteiger partial charge in [0.05, 0.1) is 0 Å². The summed E-state index contributed by atoms with van der Waals surface area (Å²) < 4.78 is 12.7. The number of H-pyrrole nitrogens is 1. The summed E-state index contributed by atoms with van der Waals surface area (Å²) >= 11 is 0. The molecule has 0 atom stereocenters. The molecule has 3 N–H and O–H groups in total. The molecule has 19 heavy (non-hydrogen) atoms. The number of hydrogen-bond donors (Lipinski definition) is 2. The first-order chi connectivity index (χ1) is 9.20. The molecule has 4 nitrogen and oxygen atoms in total. The minimum atomic E-state index is -0.742. The number of pyridine rings is 1. The molecule has 5 heteroatoms. The van der Waals surface area contributed by atoms with Crippen molar-refractivity contribution in [3.8, 4) is 0 Å². The highest BCUT2D eigenvalue weighted by molar-refractivity contribution is 5.77. The third kappa shape index (κ3) is 3.62. The van der Waals surface area contributed by atoms with Gasteiger partial charge in [-0.2, -0.15) is 0 Å². The summed E-state index contributed by atoms with van der Waals surface area (Å²) in [7, 11) is 0. The molecule has 1 saturated heterocycles. The highest BCUT2D eigenvalue weighted by atomic mass is 19.1. The van der Waals surface area contributed by atoms with Crippen LogP contribution < -0.4 is 11.3 Å². The first kappa shape index (κ1) is 13.7. The lowest BCUT2D eigenvalue weighted by molar-refractivity contribution is 0.350. The number of aromatic amines is 1. The van der Waals surface area contributed by atoms with E-state index in [-0.39, 0.29) is 0 Å². The fourth-order valence-corrected chi connectivity index (χ4v) is 2.09. The monoisotopic (exact) mass is 263 g/mol. The Balaban J connectivity index is 0.000000163. The zero-order valence-corrected chi connectivity index (χ0v) is 10.7. The number of benzene rings is 1. The molecule has 0 saturated carbocycles. The van der Waals surface area contributed by atoms with Gasteiger partial charge in [-0.05, 0) is 38.1 Å². The van der Waals surface area contributed by atoms with Crippen LogP contribution in [0.5, 0.6) is 0 Å². The minimum Gasteiger partial charge on any atom is -0.319 e. The van der Waals surface area contributed by atoms with Gasteiger partial charge >= 0.3 is 0 Å². The van der Waals surface area contributed by atoms with E-state index in [1.807, 2.05) is 0 Å². The number of nitrogens with two attached hydrogens (primary N) is 1. The maximum atomic E-state index is 12.7. The lowest BCUT2D eigenvalue weighted by atomic mass is 10.2. The molecule has 0 amide bonds. The molecule has 0 bridgehead atoms. The second-order valence-electron chi connectivity index (χ2n) is 4.54. The molecule has 0 spiro atoms. The van der Waals surface area contributed by atoms with Crippen molar-refractivity contribution < 1.29 is 4.39 Å². The second kappa shape index (κ2) is 6.45. The molecule has 0 aliphatic carbocycles. The maximum Gasteiger partial charge on any atom is 0.284 e. The van der Waals surface area contributed by atoms with Gasteiger partial charge < -0.3 is 10.7 Å². The molecule has 1 aromatic heterocycles. The predicted molar refractivity (Wildman–Crippen MR) is 74.4 cm³/mol. The highest BCUT2D eigenvalue weighted by Crippen LogP contribution is 2.08. The van der Waals surface area contributed by atoms with E-state index in [2.05, 4.69) is 9.88 Å². The minimum absolute atomic E-state index is 0.656. The molecule has 3 rings (SSSR count). The van der Waals surface area contributed by atoms with Gasteiger partial charge in [0.2, 0.25) is 0 Å². The van der Waals surface area contributed by atoms with Gasteiger partial charge in [0.25, 0.3) is 5.56 Å². The van der Waals surface area contributed by atoms with Gasteiger partial charge in [-0.3, -0.25) is 9.69 Å². The number of halogens is 1. The van der Waals surface area contributed by atoms with Crippen molar-refractivity contribution in [2.45, 2.75) is 12.8 Å². The van der Waals surface area contributed by atoms with Crippen molar-refractivity contribution in [2.75, 3.05) is 19.8 Å². The Kier molecular flexibility index (Phi) is 4.65. The van der Waals surface area contributed by atoms with Crippen LogP contribution in [0.4, 0.5) is 4.39 Å². The first-order valence-corrected chi connectivity index (χ1v) is 6.40. The number of likely N-dealkylation sites (tertiary alicyclic amines) is 1. The summed E-state index contributed by atoms with van der Waals surface area (Å²) in [6, 6.07) is 8.29. The standard InChI is InChI=1S/C9H6FNO.C5H12N2/c10-7-5-6-3-1-2-4-8(6)11-9(7)12;6-5-7-3-1-2-4-7/h1-5H,(H,11,12);1-6H2. The number of nitrogens with one attached hydrogen (secondary N) is 1. The van der Waals surface area contributed by atoms with Crippen LogP contribution in [0.15, 0.2) is 35.1 Å².